The molecule has 2 N–H and O–H groups in total. The Morgan fingerprint density at radius 3 is 2.38 bits per heavy atom. The van der Waals surface area contributed by atoms with E-state index in [1.807, 2.05) is 0 Å². The summed E-state index contributed by atoms with van der Waals surface area (Å²) in [5.41, 5.74) is 4.77. The van der Waals surface area contributed by atoms with Gasteiger partial charge in [-0.2, -0.15) is 17.5 Å². The molecule has 0 heterocycles. The zero-order chi connectivity index (χ0) is 16.0. The molecule has 0 amide bonds. The second kappa shape index (κ2) is 5.29. The van der Waals surface area contributed by atoms with E-state index in [1.54, 1.807) is 0 Å². The van der Waals surface area contributed by atoms with Crippen LogP contribution in [0.2, 0.25) is 5.02 Å². The summed E-state index contributed by atoms with van der Waals surface area (Å²) in [6.45, 7) is -1.62. The summed E-state index contributed by atoms with van der Waals surface area (Å²) in [5, 5.41) is -0.505. The average molecular weight is 347 g/mol. The molecule has 0 radical (unpaired) electrons. The molecular weight excluding hydrogens is 336 g/mol. The van der Waals surface area contributed by atoms with Gasteiger partial charge in [0.05, 0.1) is 10.7 Å². The third-order valence-electron chi connectivity index (χ3n) is 2.93. The maximum Gasteiger partial charge on any atom is 0.402 e. The number of rotatable bonds is 4. The Kier molecular flexibility index (Phi) is 4.11. The Hall–Kier alpha value is -1.06. The molecule has 1 saturated carbocycles. The second-order valence-corrected chi connectivity index (χ2v) is 6.97. The van der Waals surface area contributed by atoms with Crippen molar-refractivity contribution in [2.24, 2.45) is 0 Å². The average Bonchev–Trinajstić information content (AvgIpc) is 3.13. The van der Waals surface area contributed by atoms with Gasteiger partial charge in [0.15, 0.2) is 0 Å². The van der Waals surface area contributed by atoms with Crippen LogP contribution in [0.15, 0.2) is 17.0 Å². The normalized spacial score (nSPS) is 16.5. The van der Waals surface area contributed by atoms with Crippen molar-refractivity contribution in [3.63, 3.8) is 0 Å². The van der Waals surface area contributed by atoms with Crippen molar-refractivity contribution in [3.8, 4) is 0 Å². The first-order valence-corrected chi connectivity index (χ1v) is 7.67. The molecule has 1 aromatic carbocycles. The number of nitrogen functional groups attached to an aromatic ring is 1. The van der Waals surface area contributed by atoms with Crippen molar-refractivity contribution in [3.05, 3.63) is 23.0 Å². The fourth-order valence-corrected chi connectivity index (χ4v) is 4.01. The van der Waals surface area contributed by atoms with Crippen molar-refractivity contribution in [2.75, 3.05) is 12.3 Å². The molecule has 21 heavy (non-hydrogen) atoms. The molecule has 0 saturated heterocycles. The second-order valence-electron chi connectivity index (χ2n) is 4.70. The van der Waals surface area contributed by atoms with Crippen molar-refractivity contribution in [2.45, 2.75) is 30.0 Å². The Bertz CT molecular complexity index is 659. The van der Waals surface area contributed by atoms with Gasteiger partial charge in [0.2, 0.25) is 10.0 Å². The molecule has 0 aromatic heterocycles. The Balaban J connectivity index is 2.46. The highest BCUT2D eigenvalue weighted by molar-refractivity contribution is 7.89. The van der Waals surface area contributed by atoms with E-state index >= 15 is 0 Å². The largest absolute Gasteiger partial charge is 0.402 e. The zero-order valence-electron chi connectivity index (χ0n) is 10.5. The number of alkyl halides is 3. The first kappa shape index (κ1) is 16.3. The molecule has 0 aliphatic heterocycles. The van der Waals surface area contributed by atoms with Crippen LogP contribution in [0.5, 0.6) is 0 Å². The molecule has 118 valence electrons. The van der Waals surface area contributed by atoms with Gasteiger partial charge in [0.1, 0.15) is 17.3 Å². The van der Waals surface area contributed by atoms with Crippen LogP contribution in [0, 0.1) is 5.82 Å². The van der Waals surface area contributed by atoms with Crippen molar-refractivity contribution < 1.29 is 26.0 Å². The van der Waals surface area contributed by atoms with Gasteiger partial charge < -0.3 is 5.73 Å². The predicted octanol–water partition coefficient (Wildman–Crippen LogP) is 2.78. The first-order chi connectivity index (χ1) is 9.52. The van der Waals surface area contributed by atoms with E-state index in [0.717, 1.165) is 6.07 Å². The smallest absolute Gasteiger partial charge is 0.396 e. The molecule has 4 nitrogen and oxygen atoms in total. The van der Waals surface area contributed by atoms with Gasteiger partial charge in [-0.3, -0.25) is 0 Å². The molecular formula is C11H11ClF4N2O2S. The molecule has 1 aliphatic carbocycles. The molecule has 10 heteroatoms. The van der Waals surface area contributed by atoms with Gasteiger partial charge in [0, 0.05) is 6.04 Å². The van der Waals surface area contributed by atoms with Crippen LogP contribution in [0.4, 0.5) is 23.2 Å². The van der Waals surface area contributed by atoms with E-state index in [0.29, 0.717) is 23.2 Å². The highest BCUT2D eigenvalue weighted by atomic mass is 35.5. The number of benzene rings is 1. The quantitative estimate of drug-likeness (QED) is 0.673. The topological polar surface area (TPSA) is 63.4 Å². The number of nitrogens with zero attached hydrogens (tertiary/aromatic N) is 1. The number of hydrogen-bond acceptors (Lipinski definition) is 3. The number of hydrogen-bond donors (Lipinski definition) is 1. The maximum absolute atomic E-state index is 13.2. The molecule has 0 spiro atoms. The Morgan fingerprint density at radius 2 is 1.90 bits per heavy atom. The Labute approximate surface area is 123 Å². The summed E-state index contributed by atoms with van der Waals surface area (Å²) in [6, 6.07) is 0.681. The van der Waals surface area contributed by atoms with Gasteiger partial charge in [-0.15, -0.1) is 0 Å². The summed E-state index contributed by atoms with van der Waals surface area (Å²) < 4.78 is 75.9. The van der Waals surface area contributed by atoms with Crippen molar-refractivity contribution in [1.29, 1.82) is 0 Å². The summed E-state index contributed by atoms with van der Waals surface area (Å²) in [4.78, 5) is -0.626. The van der Waals surface area contributed by atoms with Gasteiger partial charge in [0.25, 0.3) is 0 Å². The third kappa shape index (κ3) is 3.58. The lowest BCUT2D eigenvalue weighted by Crippen LogP contribution is -2.40. The summed E-state index contributed by atoms with van der Waals surface area (Å²) in [5.74, 6) is -0.937. The molecule has 0 unspecified atom stereocenters. The van der Waals surface area contributed by atoms with Crippen LogP contribution in [0.1, 0.15) is 12.8 Å². The van der Waals surface area contributed by atoms with Crippen LogP contribution < -0.4 is 5.73 Å². The molecule has 0 bridgehead atoms. The fourth-order valence-electron chi connectivity index (χ4n) is 1.82. The monoisotopic (exact) mass is 346 g/mol. The van der Waals surface area contributed by atoms with Crippen LogP contribution in [0.25, 0.3) is 0 Å². The van der Waals surface area contributed by atoms with Gasteiger partial charge in [-0.1, -0.05) is 11.6 Å². The lowest BCUT2D eigenvalue weighted by atomic mass is 10.3. The van der Waals surface area contributed by atoms with Crippen LogP contribution >= 0.6 is 11.6 Å². The van der Waals surface area contributed by atoms with E-state index in [1.165, 1.54) is 0 Å². The SMILES string of the molecule is Nc1cc(S(=O)(=O)N(CC(F)(F)F)C2CC2)c(Cl)cc1F. The Morgan fingerprint density at radius 1 is 1.33 bits per heavy atom. The highest BCUT2D eigenvalue weighted by Crippen LogP contribution is 2.37. The molecule has 1 fully saturated rings. The number of anilines is 1. The standard InChI is InChI=1S/C11H11ClF4N2O2S/c12-7-3-8(13)9(17)4-10(7)21(19,20)18(6-1-2-6)5-11(14,15)16/h3-4,6H,1-2,5,17H2. The van der Waals surface area contributed by atoms with Crippen LogP contribution in [-0.2, 0) is 10.0 Å². The number of nitrogens with two attached hydrogens (primary N) is 1. The third-order valence-corrected chi connectivity index (χ3v) is 5.29. The molecule has 0 atom stereocenters. The van der Waals surface area contributed by atoms with Crippen molar-refractivity contribution in [1.82, 2.24) is 4.31 Å². The minimum absolute atomic E-state index is 0.337. The van der Waals surface area contributed by atoms with Gasteiger partial charge in [-0.25, -0.2) is 12.8 Å². The lowest BCUT2D eigenvalue weighted by Gasteiger charge is -2.23. The summed E-state index contributed by atoms with van der Waals surface area (Å²) >= 11 is 5.64. The molecule has 2 rings (SSSR count). The maximum atomic E-state index is 13.2. The van der Waals surface area contributed by atoms with E-state index < -0.39 is 50.2 Å². The lowest BCUT2D eigenvalue weighted by molar-refractivity contribution is -0.137. The van der Waals surface area contributed by atoms with Crippen LogP contribution in [0.3, 0.4) is 0 Å². The minimum atomic E-state index is -4.69. The van der Waals surface area contributed by atoms with Gasteiger partial charge >= 0.3 is 6.18 Å². The molecule has 1 aliphatic rings. The van der Waals surface area contributed by atoms with Crippen molar-refractivity contribution >= 4 is 27.3 Å². The van der Waals surface area contributed by atoms with E-state index in [9.17, 15) is 26.0 Å². The van der Waals surface area contributed by atoms with Crippen LogP contribution in [-0.4, -0.2) is 31.5 Å². The first-order valence-electron chi connectivity index (χ1n) is 5.85. The van der Waals surface area contributed by atoms with E-state index in [2.05, 4.69) is 0 Å². The highest BCUT2D eigenvalue weighted by Gasteiger charge is 2.45. The fraction of sp³-hybridized carbons (Fsp3) is 0.455. The predicted molar refractivity (Wildman–Crippen MR) is 68.8 cm³/mol. The minimum Gasteiger partial charge on any atom is -0.396 e. The van der Waals surface area contributed by atoms with E-state index in [4.69, 9.17) is 17.3 Å². The zero-order valence-corrected chi connectivity index (χ0v) is 12.1. The number of sulfonamides is 1. The van der Waals surface area contributed by atoms with E-state index in [-0.39, 0.29) is 0 Å². The van der Waals surface area contributed by atoms with Gasteiger partial charge in [-0.05, 0) is 25.0 Å². The summed E-state index contributed by atoms with van der Waals surface area (Å²) in [6.07, 6.45) is -4.01. The number of halogens is 5. The summed E-state index contributed by atoms with van der Waals surface area (Å²) in [7, 11) is -4.51. The molecule has 1 aromatic rings.